The van der Waals surface area contributed by atoms with Gasteiger partial charge in [0, 0.05) is 43.5 Å². The number of fused-ring (bicyclic) bond motifs is 1. The molecule has 5 heterocycles. The maximum absolute atomic E-state index is 12.9. The van der Waals surface area contributed by atoms with Crippen LogP contribution in [0.25, 0.3) is 11.0 Å². The lowest BCUT2D eigenvalue weighted by Gasteiger charge is -2.50. The Kier molecular flexibility index (Phi) is 16.1. The topological polar surface area (TPSA) is 91.2 Å². The highest BCUT2D eigenvalue weighted by atomic mass is 16.2. The molecule has 9 heteroatoms. The molecule has 258 valence electrons. The van der Waals surface area contributed by atoms with Crippen LogP contribution < -0.4 is 10.6 Å². The lowest BCUT2D eigenvalue weighted by atomic mass is 9.70. The van der Waals surface area contributed by atoms with E-state index in [9.17, 15) is 4.79 Å². The standard InChI is InChI=1S/C26H37N7O.C6H11N.2C2H6.CH4/c1-6-8-21(7-2)33-22(25(34)31(3)4)15-20-17-28-26(30-24(20)33)29-23-10-9-19(16-27-23)18-11-13-32(5)14-12-18;1-2-6(3-1)4-5-7-6;2*1-2;/h9-10,15-18,21H,6-8,11-14H2,1-5H3,(H,27,28,29,30);7H,1-5H2;2*1-2H3;1H4. The lowest BCUT2D eigenvalue weighted by molar-refractivity contribution is 0.0814. The van der Waals surface area contributed by atoms with Gasteiger partial charge in [0.1, 0.15) is 17.2 Å². The van der Waals surface area contributed by atoms with E-state index in [1.165, 1.54) is 50.6 Å². The molecular weight excluding hydrogens is 572 g/mol. The smallest absolute Gasteiger partial charge is 0.270 e. The van der Waals surface area contributed by atoms with Crippen molar-refractivity contribution >= 4 is 28.7 Å². The number of amides is 1. The van der Waals surface area contributed by atoms with Crippen LogP contribution in [-0.4, -0.2) is 81.5 Å². The Morgan fingerprint density at radius 2 is 1.74 bits per heavy atom. The van der Waals surface area contributed by atoms with Crippen LogP contribution in [-0.2, 0) is 0 Å². The second kappa shape index (κ2) is 18.9. The number of nitrogens with one attached hydrogen (secondary N) is 2. The summed E-state index contributed by atoms with van der Waals surface area (Å²) in [4.78, 5) is 30.9. The number of anilines is 2. The Bertz CT molecular complexity index is 1290. The number of rotatable bonds is 8. The van der Waals surface area contributed by atoms with Gasteiger partial charge in [-0.1, -0.05) is 61.5 Å². The van der Waals surface area contributed by atoms with Crippen LogP contribution in [0, 0.1) is 0 Å². The van der Waals surface area contributed by atoms with Crippen LogP contribution in [0.1, 0.15) is 135 Å². The van der Waals surface area contributed by atoms with E-state index in [-0.39, 0.29) is 19.4 Å². The highest BCUT2D eigenvalue weighted by Gasteiger charge is 2.41. The quantitative estimate of drug-likeness (QED) is 0.256. The van der Waals surface area contributed by atoms with E-state index in [1.807, 2.05) is 46.0 Å². The van der Waals surface area contributed by atoms with E-state index in [1.54, 1.807) is 25.2 Å². The molecular formula is C37H64N8O. The van der Waals surface area contributed by atoms with Gasteiger partial charge in [-0.3, -0.25) is 4.79 Å². The molecule has 0 radical (unpaired) electrons. The van der Waals surface area contributed by atoms with Gasteiger partial charge in [-0.2, -0.15) is 4.98 Å². The summed E-state index contributed by atoms with van der Waals surface area (Å²) in [7, 11) is 5.74. The monoisotopic (exact) mass is 637 g/mol. The fraction of sp³-hybridized carbons (Fsp3) is 0.676. The first-order valence-electron chi connectivity index (χ1n) is 17.6. The first-order valence-corrected chi connectivity index (χ1v) is 17.6. The second-order valence-corrected chi connectivity index (χ2v) is 12.4. The Balaban J connectivity index is 0.000000522. The van der Waals surface area contributed by atoms with Crippen molar-refractivity contribution in [1.29, 1.82) is 0 Å². The molecule has 2 N–H and O–H groups in total. The number of nitrogens with zero attached hydrogens (tertiary/aromatic N) is 6. The number of hydrogen-bond acceptors (Lipinski definition) is 7. The van der Waals surface area contributed by atoms with Crippen molar-refractivity contribution in [2.75, 3.05) is 46.1 Å². The number of piperidine rings is 1. The zero-order valence-corrected chi connectivity index (χ0v) is 29.6. The largest absolute Gasteiger partial charge is 0.343 e. The van der Waals surface area contributed by atoms with Gasteiger partial charge in [-0.05, 0) is 102 Å². The van der Waals surface area contributed by atoms with E-state index in [0.29, 0.717) is 23.1 Å². The predicted octanol–water partition coefficient (Wildman–Crippen LogP) is 8.42. The van der Waals surface area contributed by atoms with E-state index in [0.717, 1.165) is 49.2 Å². The van der Waals surface area contributed by atoms with Crippen molar-refractivity contribution in [1.82, 2.24) is 34.6 Å². The van der Waals surface area contributed by atoms with E-state index < -0.39 is 0 Å². The molecule has 2 aliphatic heterocycles. The van der Waals surface area contributed by atoms with Gasteiger partial charge in [0.05, 0.1) is 0 Å². The molecule has 1 saturated carbocycles. The zero-order chi connectivity index (χ0) is 33.0. The molecule has 6 rings (SSSR count). The third-order valence-corrected chi connectivity index (χ3v) is 9.29. The van der Waals surface area contributed by atoms with Gasteiger partial charge < -0.3 is 25.0 Å². The Labute approximate surface area is 280 Å². The minimum absolute atomic E-state index is 0. The summed E-state index contributed by atoms with van der Waals surface area (Å²) < 4.78 is 2.10. The molecule has 3 aromatic rings. The summed E-state index contributed by atoms with van der Waals surface area (Å²) in [5, 5.41) is 7.59. The minimum Gasteiger partial charge on any atom is -0.343 e. The molecule has 1 atom stereocenters. The van der Waals surface area contributed by atoms with E-state index in [2.05, 4.69) is 57.0 Å². The van der Waals surface area contributed by atoms with Crippen molar-refractivity contribution in [3.8, 4) is 0 Å². The highest BCUT2D eigenvalue weighted by molar-refractivity contribution is 5.97. The molecule has 1 amide bonds. The molecule has 2 saturated heterocycles. The number of carbonyl (C=O) groups is 1. The Morgan fingerprint density at radius 3 is 2.20 bits per heavy atom. The van der Waals surface area contributed by atoms with Gasteiger partial charge in [0.2, 0.25) is 5.95 Å². The molecule has 1 unspecified atom stereocenters. The normalized spacial score (nSPS) is 17.3. The van der Waals surface area contributed by atoms with Crippen LogP contribution in [0.3, 0.4) is 0 Å². The van der Waals surface area contributed by atoms with Gasteiger partial charge in [0.25, 0.3) is 5.91 Å². The summed E-state index contributed by atoms with van der Waals surface area (Å²) in [6, 6.07) is 6.28. The number of carbonyl (C=O) groups excluding carboxylic acids is 1. The van der Waals surface area contributed by atoms with Crippen molar-refractivity contribution in [3.63, 3.8) is 0 Å². The molecule has 0 aromatic carbocycles. The van der Waals surface area contributed by atoms with E-state index >= 15 is 0 Å². The van der Waals surface area contributed by atoms with Gasteiger partial charge in [-0.25, -0.2) is 9.97 Å². The average molecular weight is 637 g/mol. The third-order valence-electron chi connectivity index (χ3n) is 9.29. The fourth-order valence-electron chi connectivity index (χ4n) is 6.37. The highest BCUT2D eigenvalue weighted by Crippen LogP contribution is 2.39. The van der Waals surface area contributed by atoms with Crippen molar-refractivity contribution in [2.45, 2.75) is 124 Å². The molecule has 1 spiro atoms. The molecule has 46 heavy (non-hydrogen) atoms. The number of pyridine rings is 1. The molecule has 3 aromatic heterocycles. The van der Waals surface area contributed by atoms with Gasteiger partial charge in [0.15, 0.2) is 0 Å². The molecule has 1 aliphatic carbocycles. The van der Waals surface area contributed by atoms with Crippen molar-refractivity contribution in [2.24, 2.45) is 0 Å². The lowest BCUT2D eigenvalue weighted by Crippen LogP contribution is -2.61. The van der Waals surface area contributed by atoms with Crippen LogP contribution >= 0.6 is 0 Å². The van der Waals surface area contributed by atoms with Gasteiger partial charge >= 0.3 is 0 Å². The molecule has 3 fully saturated rings. The van der Waals surface area contributed by atoms with Crippen LogP contribution in [0.15, 0.2) is 30.6 Å². The van der Waals surface area contributed by atoms with Crippen molar-refractivity contribution < 1.29 is 4.79 Å². The van der Waals surface area contributed by atoms with Crippen LogP contribution in [0.4, 0.5) is 11.8 Å². The van der Waals surface area contributed by atoms with Crippen LogP contribution in [0.5, 0.6) is 0 Å². The fourth-order valence-corrected chi connectivity index (χ4v) is 6.37. The zero-order valence-electron chi connectivity index (χ0n) is 29.6. The maximum Gasteiger partial charge on any atom is 0.270 e. The second-order valence-electron chi connectivity index (χ2n) is 12.4. The summed E-state index contributed by atoms with van der Waals surface area (Å²) >= 11 is 0. The summed E-state index contributed by atoms with van der Waals surface area (Å²) in [6.07, 6.45) is 14.9. The number of aromatic nitrogens is 4. The van der Waals surface area contributed by atoms with Crippen molar-refractivity contribution in [3.05, 3.63) is 41.9 Å². The number of hydrogen-bond donors (Lipinski definition) is 2. The summed E-state index contributed by atoms with van der Waals surface area (Å²) in [5.74, 6) is 1.76. The first kappa shape index (κ1) is 39.1. The third kappa shape index (κ3) is 9.50. The summed E-state index contributed by atoms with van der Waals surface area (Å²) in [5.41, 5.74) is 3.43. The average Bonchev–Trinajstić information content (AvgIpc) is 3.39. The Morgan fingerprint density at radius 1 is 1.07 bits per heavy atom. The van der Waals surface area contributed by atoms with E-state index in [4.69, 9.17) is 4.98 Å². The predicted molar refractivity (Wildman–Crippen MR) is 195 cm³/mol. The molecule has 9 nitrogen and oxygen atoms in total. The minimum atomic E-state index is -0.0202. The maximum atomic E-state index is 12.9. The molecule has 0 bridgehead atoms. The first-order chi connectivity index (χ1) is 21.8. The van der Waals surface area contributed by atoms with Gasteiger partial charge in [-0.15, -0.1) is 0 Å². The summed E-state index contributed by atoms with van der Waals surface area (Å²) in [6.45, 7) is 15.9. The number of likely N-dealkylation sites (tertiary alicyclic amines) is 1. The molecule has 3 aliphatic rings. The van der Waals surface area contributed by atoms with Crippen LogP contribution in [0.2, 0.25) is 0 Å². The Hall–Kier alpha value is -3.04. The SMILES string of the molecule is C.C1CC2(C1)CCN2.CC.CC.CCCC(CC)n1c(C(=O)N(C)C)cc2cnc(Nc3ccc(C4CCN(C)CC4)cn3)nc21.